The molecule has 2 N–H and O–H groups in total. The first-order valence-corrected chi connectivity index (χ1v) is 7.52. The summed E-state index contributed by atoms with van der Waals surface area (Å²) in [6.07, 6.45) is 4.93. The number of anilines is 1. The fourth-order valence-corrected chi connectivity index (χ4v) is 4.18. The molecule has 0 radical (unpaired) electrons. The highest BCUT2D eigenvalue weighted by atomic mass is 35.5. The monoisotopic (exact) mass is 316 g/mol. The van der Waals surface area contributed by atoms with Gasteiger partial charge in [-0.05, 0) is 36.5 Å². The Kier molecular flexibility index (Phi) is 2.72. The molecule has 2 aliphatic carbocycles. The molecular weight excluding hydrogens is 304 g/mol. The first-order valence-electron chi connectivity index (χ1n) is 7.14. The van der Waals surface area contributed by atoms with Gasteiger partial charge in [0.05, 0.1) is 22.5 Å². The van der Waals surface area contributed by atoms with Crippen LogP contribution in [0.4, 0.5) is 5.69 Å². The molecule has 1 aromatic rings. The molecule has 4 rings (SSSR count). The number of rotatable bonds is 2. The second-order valence-corrected chi connectivity index (χ2v) is 6.45. The number of amides is 3. The predicted molar refractivity (Wildman–Crippen MR) is 80.2 cm³/mol. The van der Waals surface area contributed by atoms with Crippen LogP contribution in [0.2, 0.25) is 5.02 Å². The van der Waals surface area contributed by atoms with E-state index in [9.17, 15) is 14.4 Å². The Bertz CT molecular complexity index is 728. The van der Waals surface area contributed by atoms with E-state index in [0.29, 0.717) is 0 Å². The Morgan fingerprint density at radius 1 is 1.14 bits per heavy atom. The summed E-state index contributed by atoms with van der Waals surface area (Å²) in [5, 5.41) is 0.256. The van der Waals surface area contributed by atoms with Crippen LogP contribution >= 0.6 is 11.6 Å². The van der Waals surface area contributed by atoms with Crippen molar-refractivity contribution in [2.24, 2.45) is 29.4 Å². The van der Waals surface area contributed by atoms with E-state index in [4.69, 9.17) is 17.3 Å². The zero-order chi connectivity index (χ0) is 15.6. The van der Waals surface area contributed by atoms with Crippen LogP contribution in [-0.4, -0.2) is 17.7 Å². The number of allylic oxidation sites excluding steroid dienone is 2. The average Bonchev–Trinajstić information content (AvgIpc) is 3.14. The number of benzene rings is 1. The van der Waals surface area contributed by atoms with E-state index in [0.717, 1.165) is 11.3 Å². The van der Waals surface area contributed by atoms with Crippen molar-refractivity contribution in [3.8, 4) is 0 Å². The standard InChI is InChI=1S/C16H13ClN2O3/c17-10-4-3-9(14(18)20)6-11(10)19-15(21)12-7-1-2-8(5-7)13(12)16(19)22/h1-4,6-8,12-13H,5H2,(H2,18,20). The summed E-state index contributed by atoms with van der Waals surface area (Å²) in [4.78, 5) is 37.9. The van der Waals surface area contributed by atoms with E-state index < -0.39 is 5.91 Å². The van der Waals surface area contributed by atoms with Gasteiger partial charge in [-0.15, -0.1) is 0 Å². The molecule has 112 valence electrons. The molecule has 22 heavy (non-hydrogen) atoms. The highest BCUT2D eigenvalue weighted by molar-refractivity contribution is 6.36. The van der Waals surface area contributed by atoms with Gasteiger partial charge in [0.25, 0.3) is 0 Å². The lowest BCUT2D eigenvalue weighted by molar-refractivity contribution is -0.123. The van der Waals surface area contributed by atoms with Crippen LogP contribution in [0, 0.1) is 23.7 Å². The van der Waals surface area contributed by atoms with Crippen LogP contribution in [0.15, 0.2) is 30.4 Å². The molecule has 4 atom stereocenters. The number of nitrogens with two attached hydrogens (primary N) is 1. The molecule has 1 aliphatic heterocycles. The van der Waals surface area contributed by atoms with Crippen molar-refractivity contribution < 1.29 is 14.4 Å². The highest BCUT2D eigenvalue weighted by Gasteiger charge is 2.59. The molecule has 5 nitrogen and oxygen atoms in total. The van der Waals surface area contributed by atoms with E-state index in [-0.39, 0.29) is 51.8 Å². The smallest absolute Gasteiger partial charge is 0.248 e. The number of primary amides is 1. The molecule has 1 heterocycles. The van der Waals surface area contributed by atoms with E-state index in [1.807, 2.05) is 12.2 Å². The molecule has 4 unspecified atom stereocenters. The van der Waals surface area contributed by atoms with Gasteiger partial charge >= 0.3 is 0 Å². The van der Waals surface area contributed by atoms with Gasteiger partial charge < -0.3 is 5.73 Å². The lowest BCUT2D eigenvalue weighted by atomic mass is 9.85. The molecule has 6 heteroatoms. The van der Waals surface area contributed by atoms with Crippen molar-refractivity contribution in [1.82, 2.24) is 0 Å². The fraction of sp³-hybridized carbons (Fsp3) is 0.312. The zero-order valence-corrected chi connectivity index (χ0v) is 12.3. The molecule has 3 amide bonds. The average molecular weight is 317 g/mol. The zero-order valence-electron chi connectivity index (χ0n) is 11.5. The van der Waals surface area contributed by atoms with Crippen LogP contribution in [-0.2, 0) is 9.59 Å². The first kappa shape index (κ1) is 13.5. The second-order valence-electron chi connectivity index (χ2n) is 6.04. The number of halogens is 1. The minimum Gasteiger partial charge on any atom is -0.366 e. The SMILES string of the molecule is NC(=O)c1ccc(Cl)c(N2C(=O)C3C4C=CC(C4)C3C2=O)c1. The van der Waals surface area contributed by atoms with Gasteiger partial charge in [-0.3, -0.25) is 14.4 Å². The largest absolute Gasteiger partial charge is 0.366 e. The second kappa shape index (κ2) is 4.43. The van der Waals surface area contributed by atoms with E-state index in [1.54, 1.807) is 0 Å². The Balaban J connectivity index is 1.79. The minimum atomic E-state index is -0.626. The van der Waals surface area contributed by atoms with Crippen LogP contribution in [0.3, 0.4) is 0 Å². The molecule has 2 fully saturated rings. The number of hydrogen-bond acceptors (Lipinski definition) is 3. The van der Waals surface area contributed by atoms with Gasteiger partial charge in [0.15, 0.2) is 0 Å². The molecule has 0 aromatic heterocycles. The van der Waals surface area contributed by atoms with Crippen molar-refractivity contribution in [3.63, 3.8) is 0 Å². The Morgan fingerprint density at radius 2 is 1.73 bits per heavy atom. The topological polar surface area (TPSA) is 80.5 Å². The number of hydrogen-bond donors (Lipinski definition) is 1. The number of carbonyl (C=O) groups excluding carboxylic acids is 3. The molecule has 1 saturated heterocycles. The first-order chi connectivity index (χ1) is 10.5. The van der Waals surface area contributed by atoms with Crippen molar-refractivity contribution in [3.05, 3.63) is 40.9 Å². The van der Waals surface area contributed by atoms with Crippen LogP contribution in [0.5, 0.6) is 0 Å². The Hall–Kier alpha value is -2.14. The Morgan fingerprint density at radius 3 is 2.27 bits per heavy atom. The summed E-state index contributed by atoms with van der Waals surface area (Å²) in [6.45, 7) is 0. The van der Waals surface area contributed by atoms with Crippen molar-refractivity contribution >= 4 is 35.0 Å². The van der Waals surface area contributed by atoms with Crippen molar-refractivity contribution in [2.45, 2.75) is 6.42 Å². The molecule has 1 saturated carbocycles. The minimum absolute atomic E-state index is 0.134. The number of fused-ring (bicyclic) bond motifs is 5. The summed E-state index contributed by atoms with van der Waals surface area (Å²) in [5.41, 5.74) is 5.74. The van der Waals surface area contributed by atoms with Gasteiger partial charge in [-0.2, -0.15) is 0 Å². The van der Waals surface area contributed by atoms with Gasteiger partial charge in [0.1, 0.15) is 0 Å². The van der Waals surface area contributed by atoms with Gasteiger partial charge in [-0.25, -0.2) is 4.90 Å². The number of imide groups is 1. The lowest BCUT2D eigenvalue weighted by Gasteiger charge is -2.19. The van der Waals surface area contributed by atoms with Crippen LogP contribution in [0.25, 0.3) is 0 Å². The van der Waals surface area contributed by atoms with Crippen molar-refractivity contribution in [1.29, 1.82) is 0 Å². The van der Waals surface area contributed by atoms with Crippen molar-refractivity contribution in [2.75, 3.05) is 4.90 Å². The summed E-state index contributed by atoms with van der Waals surface area (Å²) >= 11 is 6.14. The maximum absolute atomic E-state index is 12.7. The lowest BCUT2D eigenvalue weighted by Crippen LogP contribution is -2.33. The molecule has 2 bridgehead atoms. The third-order valence-corrected chi connectivity index (χ3v) is 5.26. The summed E-state index contributed by atoms with van der Waals surface area (Å²) in [6, 6.07) is 4.38. The third kappa shape index (κ3) is 1.63. The molecule has 0 spiro atoms. The van der Waals surface area contributed by atoms with E-state index in [1.165, 1.54) is 18.2 Å². The molecular formula is C16H13ClN2O3. The van der Waals surface area contributed by atoms with E-state index >= 15 is 0 Å². The normalized spacial score (nSPS) is 32.0. The van der Waals surface area contributed by atoms with Gasteiger partial charge in [-0.1, -0.05) is 23.8 Å². The van der Waals surface area contributed by atoms with Gasteiger partial charge in [0.2, 0.25) is 17.7 Å². The van der Waals surface area contributed by atoms with Crippen LogP contribution < -0.4 is 10.6 Å². The Labute approximate surface area is 131 Å². The summed E-state index contributed by atoms with van der Waals surface area (Å²) < 4.78 is 0. The maximum Gasteiger partial charge on any atom is 0.248 e. The van der Waals surface area contributed by atoms with E-state index in [2.05, 4.69) is 0 Å². The highest BCUT2D eigenvalue weighted by Crippen LogP contribution is 2.53. The predicted octanol–water partition coefficient (Wildman–Crippen LogP) is 1.75. The number of nitrogens with zero attached hydrogens (tertiary/aromatic N) is 1. The quantitative estimate of drug-likeness (QED) is 0.666. The maximum atomic E-state index is 12.7. The third-order valence-electron chi connectivity index (χ3n) is 4.94. The molecule has 1 aromatic carbocycles. The summed E-state index contributed by atoms with van der Waals surface area (Å²) in [7, 11) is 0. The van der Waals surface area contributed by atoms with Gasteiger partial charge in [0, 0.05) is 5.56 Å². The van der Waals surface area contributed by atoms with Crippen LogP contribution in [0.1, 0.15) is 16.8 Å². The summed E-state index contributed by atoms with van der Waals surface area (Å²) in [5.74, 6) is -1.40. The molecule has 3 aliphatic rings. The fourth-order valence-electron chi connectivity index (χ4n) is 3.98. The number of carbonyl (C=O) groups is 3.